The number of carbonyl (C=O) groups is 3. The third-order valence-electron chi connectivity index (χ3n) is 5.78. The van der Waals surface area contributed by atoms with Crippen molar-refractivity contribution in [1.82, 2.24) is 0 Å². The first-order chi connectivity index (χ1) is 15.9. The monoisotopic (exact) mass is 445 g/mol. The van der Waals surface area contributed by atoms with Gasteiger partial charge in [0.05, 0.1) is 17.4 Å². The quantitative estimate of drug-likeness (QED) is 0.618. The SMILES string of the molecule is CC(=O)Nc1ccc([C@@H]2[C@H]3C(=O)N(c4ccc(F)cc4)C(=O)[C@@H]3ON2c2ccccc2)cc1. The average Bonchev–Trinajstić information content (AvgIpc) is 3.32. The first-order valence-corrected chi connectivity index (χ1v) is 10.5. The second-order valence-corrected chi connectivity index (χ2v) is 7.95. The first kappa shape index (κ1) is 20.8. The minimum absolute atomic E-state index is 0.190. The fourth-order valence-corrected chi connectivity index (χ4v) is 4.36. The molecule has 3 aromatic carbocycles. The van der Waals surface area contributed by atoms with Crippen molar-refractivity contribution in [2.75, 3.05) is 15.3 Å². The number of nitrogens with zero attached hydrogens (tertiary/aromatic N) is 2. The van der Waals surface area contributed by atoms with Crippen molar-refractivity contribution in [3.05, 3.63) is 90.2 Å². The van der Waals surface area contributed by atoms with Crippen molar-refractivity contribution in [3.8, 4) is 0 Å². The molecule has 2 saturated heterocycles. The summed E-state index contributed by atoms with van der Waals surface area (Å²) in [6.45, 7) is 1.42. The van der Waals surface area contributed by atoms with Crippen LogP contribution in [0.15, 0.2) is 78.9 Å². The van der Waals surface area contributed by atoms with E-state index in [1.165, 1.54) is 31.2 Å². The van der Waals surface area contributed by atoms with Gasteiger partial charge in [-0.3, -0.25) is 19.2 Å². The minimum atomic E-state index is -1.01. The number of para-hydroxylation sites is 1. The molecule has 2 aliphatic rings. The number of amides is 3. The Morgan fingerprint density at radius 1 is 0.879 bits per heavy atom. The molecule has 0 radical (unpaired) electrons. The summed E-state index contributed by atoms with van der Waals surface area (Å²) in [5.74, 6) is -2.35. The Kier molecular flexibility index (Phi) is 5.14. The van der Waals surface area contributed by atoms with Gasteiger partial charge in [0.15, 0.2) is 6.10 Å². The van der Waals surface area contributed by atoms with E-state index in [0.29, 0.717) is 17.1 Å². The fraction of sp³-hybridized carbons (Fsp3) is 0.160. The lowest BCUT2D eigenvalue weighted by atomic mass is 9.90. The second-order valence-electron chi connectivity index (χ2n) is 7.95. The normalized spacial score (nSPS) is 21.9. The van der Waals surface area contributed by atoms with Crippen molar-refractivity contribution in [2.24, 2.45) is 5.92 Å². The summed E-state index contributed by atoms with van der Waals surface area (Å²) in [6, 6.07) is 21.0. The van der Waals surface area contributed by atoms with Crippen LogP contribution in [0, 0.1) is 11.7 Å². The topological polar surface area (TPSA) is 79.0 Å². The van der Waals surface area contributed by atoms with E-state index in [1.807, 2.05) is 30.3 Å². The number of halogens is 1. The second kappa shape index (κ2) is 8.14. The summed E-state index contributed by atoms with van der Waals surface area (Å²) < 4.78 is 13.4. The molecule has 3 atom stereocenters. The highest BCUT2D eigenvalue weighted by Gasteiger charge is 2.60. The zero-order valence-electron chi connectivity index (χ0n) is 17.6. The van der Waals surface area contributed by atoms with Crippen LogP contribution in [0.2, 0.25) is 0 Å². The Balaban J connectivity index is 1.54. The number of imide groups is 1. The van der Waals surface area contributed by atoms with E-state index in [9.17, 15) is 18.8 Å². The predicted molar refractivity (Wildman–Crippen MR) is 120 cm³/mol. The van der Waals surface area contributed by atoms with Gasteiger partial charge in [-0.1, -0.05) is 30.3 Å². The zero-order valence-corrected chi connectivity index (χ0v) is 17.6. The number of rotatable bonds is 4. The summed E-state index contributed by atoms with van der Waals surface area (Å²) in [5.41, 5.74) is 2.38. The maximum absolute atomic E-state index is 13.5. The lowest BCUT2D eigenvalue weighted by molar-refractivity contribution is -0.126. The van der Waals surface area contributed by atoms with Crippen LogP contribution in [0.25, 0.3) is 0 Å². The van der Waals surface area contributed by atoms with E-state index in [4.69, 9.17) is 4.84 Å². The van der Waals surface area contributed by atoms with Gasteiger partial charge in [0.1, 0.15) is 11.7 Å². The number of anilines is 3. The van der Waals surface area contributed by atoms with Crippen LogP contribution in [0.3, 0.4) is 0 Å². The summed E-state index contributed by atoms with van der Waals surface area (Å²) in [4.78, 5) is 45.2. The van der Waals surface area contributed by atoms with Crippen molar-refractivity contribution in [1.29, 1.82) is 0 Å². The summed E-state index contributed by atoms with van der Waals surface area (Å²) in [7, 11) is 0. The lowest BCUT2D eigenvalue weighted by Gasteiger charge is -2.28. The molecule has 2 aliphatic heterocycles. The van der Waals surface area contributed by atoms with Gasteiger partial charge in [-0.2, -0.15) is 0 Å². The molecule has 2 heterocycles. The number of hydroxylamine groups is 1. The van der Waals surface area contributed by atoms with Crippen molar-refractivity contribution < 1.29 is 23.6 Å². The standard InChI is InChI=1S/C25H20FN3O4/c1-15(30)27-18-11-7-16(8-12-18)22-21-23(33-29(22)20-5-3-2-4-6-20)25(32)28(24(21)31)19-13-9-17(26)10-14-19/h2-14,21-23H,1H3,(H,27,30)/t21-,22-,23-/m1/s1. The third-order valence-corrected chi connectivity index (χ3v) is 5.78. The van der Waals surface area contributed by atoms with Gasteiger partial charge in [-0.05, 0) is 54.1 Å². The Bertz CT molecular complexity index is 1210. The lowest BCUT2D eigenvalue weighted by Crippen LogP contribution is -2.37. The Morgan fingerprint density at radius 3 is 2.18 bits per heavy atom. The molecule has 1 N–H and O–H groups in total. The molecule has 2 fully saturated rings. The van der Waals surface area contributed by atoms with Gasteiger partial charge in [-0.25, -0.2) is 14.4 Å². The molecule has 5 rings (SSSR count). The molecular weight excluding hydrogens is 425 g/mol. The van der Waals surface area contributed by atoms with Crippen molar-refractivity contribution in [2.45, 2.75) is 19.1 Å². The van der Waals surface area contributed by atoms with Crippen LogP contribution in [0.1, 0.15) is 18.5 Å². The minimum Gasteiger partial charge on any atom is -0.326 e. The van der Waals surface area contributed by atoms with Gasteiger partial charge in [0.2, 0.25) is 11.8 Å². The van der Waals surface area contributed by atoms with E-state index >= 15 is 0 Å². The van der Waals surface area contributed by atoms with Crippen molar-refractivity contribution in [3.63, 3.8) is 0 Å². The molecule has 166 valence electrons. The number of carbonyl (C=O) groups excluding carboxylic acids is 3. The van der Waals surface area contributed by atoms with Crippen LogP contribution in [0.5, 0.6) is 0 Å². The molecule has 0 aliphatic carbocycles. The Labute approximate surface area is 189 Å². The summed E-state index contributed by atoms with van der Waals surface area (Å²) >= 11 is 0. The van der Waals surface area contributed by atoms with Crippen LogP contribution >= 0.6 is 0 Å². The highest BCUT2D eigenvalue weighted by atomic mass is 19.1. The highest BCUT2D eigenvalue weighted by Crippen LogP contribution is 2.47. The van der Waals surface area contributed by atoms with Gasteiger partial charge in [0, 0.05) is 12.6 Å². The molecule has 7 nitrogen and oxygen atoms in total. The van der Waals surface area contributed by atoms with E-state index in [2.05, 4.69) is 5.32 Å². The molecule has 0 aromatic heterocycles. The zero-order chi connectivity index (χ0) is 23.1. The average molecular weight is 445 g/mol. The van der Waals surface area contributed by atoms with Crippen LogP contribution in [0.4, 0.5) is 21.5 Å². The highest BCUT2D eigenvalue weighted by molar-refractivity contribution is 6.23. The van der Waals surface area contributed by atoms with Crippen LogP contribution in [-0.2, 0) is 19.2 Å². The maximum atomic E-state index is 13.5. The molecule has 8 heteroatoms. The Morgan fingerprint density at radius 2 is 1.55 bits per heavy atom. The van der Waals surface area contributed by atoms with Gasteiger partial charge >= 0.3 is 0 Å². The molecule has 3 amide bonds. The molecule has 3 aromatic rings. The smallest absolute Gasteiger partial charge is 0.266 e. The van der Waals surface area contributed by atoms with E-state index in [0.717, 1.165) is 10.5 Å². The molecule has 0 saturated carbocycles. The van der Waals surface area contributed by atoms with E-state index in [1.54, 1.807) is 29.3 Å². The van der Waals surface area contributed by atoms with E-state index in [-0.39, 0.29) is 5.91 Å². The van der Waals surface area contributed by atoms with Crippen molar-refractivity contribution >= 4 is 34.8 Å². The molecule has 0 spiro atoms. The summed E-state index contributed by atoms with van der Waals surface area (Å²) in [5, 5.41) is 4.31. The number of hydrogen-bond acceptors (Lipinski definition) is 5. The van der Waals surface area contributed by atoms with Crippen LogP contribution < -0.4 is 15.3 Å². The fourth-order valence-electron chi connectivity index (χ4n) is 4.36. The maximum Gasteiger partial charge on any atom is 0.266 e. The molecule has 33 heavy (non-hydrogen) atoms. The Hall–Kier alpha value is -4.04. The van der Waals surface area contributed by atoms with Crippen LogP contribution in [-0.4, -0.2) is 23.8 Å². The first-order valence-electron chi connectivity index (χ1n) is 10.5. The molecule has 0 unspecified atom stereocenters. The number of nitrogens with one attached hydrogen (secondary N) is 1. The van der Waals surface area contributed by atoms with Gasteiger partial charge in [0.25, 0.3) is 5.91 Å². The molecular formula is C25H20FN3O4. The summed E-state index contributed by atoms with van der Waals surface area (Å²) in [6.07, 6.45) is -1.01. The third kappa shape index (κ3) is 3.64. The molecule has 0 bridgehead atoms. The van der Waals surface area contributed by atoms with Gasteiger partial charge < -0.3 is 5.32 Å². The number of hydrogen-bond donors (Lipinski definition) is 1. The number of fused-ring (bicyclic) bond motifs is 1. The van der Waals surface area contributed by atoms with Gasteiger partial charge in [-0.15, -0.1) is 0 Å². The van der Waals surface area contributed by atoms with E-state index < -0.39 is 35.7 Å². The largest absolute Gasteiger partial charge is 0.326 e. The predicted octanol–water partition coefficient (Wildman–Crippen LogP) is 3.84. The number of benzene rings is 3.